The molecule has 5 rings (SSSR count). The summed E-state index contributed by atoms with van der Waals surface area (Å²) < 4.78 is 29.0. The lowest BCUT2D eigenvalue weighted by Crippen LogP contribution is -2.44. The van der Waals surface area contributed by atoms with Crippen molar-refractivity contribution in [1.82, 2.24) is 4.98 Å². The van der Waals surface area contributed by atoms with E-state index in [9.17, 15) is 4.79 Å². The third kappa shape index (κ3) is 9.95. The molecule has 4 aromatic rings. The summed E-state index contributed by atoms with van der Waals surface area (Å²) in [6.07, 6.45) is 8.56. The molecule has 1 unspecified atom stereocenters. The van der Waals surface area contributed by atoms with Gasteiger partial charge in [-0.2, -0.15) is 4.57 Å². The number of carbonyl (C=O) groups excluding carboxylic acids is 1. The molecule has 51 heavy (non-hydrogen) atoms. The number of nitrogens with one attached hydrogen (secondary N) is 1. The molecule has 1 aliphatic heterocycles. The van der Waals surface area contributed by atoms with Gasteiger partial charge in [0.2, 0.25) is 8.32 Å². The molecule has 0 spiro atoms. The molecule has 1 aromatic heterocycles. The molecule has 1 atom stereocenters. The van der Waals surface area contributed by atoms with E-state index in [-0.39, 0.29) is 16.7 Å². The van der Waals surface area contributed by atoms with Crippen LogP contribution in [0.3, 0.4) is 0 Å². The summed E-state index contributed by atoms with van der Waals surface area (Å²) in [7, 11) is -1.99. The Balaban J connectivity index is 1.26. The smallest absolute Gasteiger partial charge is 0.359 e. The van der Waals surface area contributed by atoms with Gasteiger partial charge >= 0.3 is 11.7 Å². The highest BCUT2D eigenvalue weighted by molar-refractivity contribution is 6.74. The maximum Gasteiger partial charge on any atom is 0.359 e. The second-order valence-corrected chi connectivity index (χ2v) is 19.5. The fourth-order valence-corrected chi connectivity index (χ4v) is 6.88. The first-order valence-electron chi connectivity index (χ1n) is 18.0. The van der Waals surface area contributed by atoms with Gasteiger partial charge in [-0.25, -0.2) is 14.2 Å². The molecular formula is C40H50FN6O3Si+. The summed E-state index contributed by atoms with van der Waals surface area (Å²) >= 11 is 0. The average molecular weight is 710 g/mol. The molecule has 0 saturated carbocycles. The molecule has 0 fully saturated rings. The second-order valence-electron chi connectivity index (χ2n) is 14.8. The zero-order valence-electron chi connectivity index (χ0n) is 30.5. The number of unbranched alkanes of at least 4 members (excludes halogenated alkanes) is 5. The second kappa shape index (κ2) is 17.0. The normalized spacial score (nSPS) is 14.1. The number of carbonyl (C=O) groups is 1. The summed E-state index contributed by atoms with van der Waals surface area (Å²) in [5.41, 5.74) is 12.5. The first-order valence-corrected chi connectivity index (χ1v) is 20.9. The summed E-state index contributed by atoms with van der Waals surface area (Å²) in [5.74, 6) is 1.16. The van der Waals surface area contributed by atoms with E-state index in [1.165, 1.54) is 6.07 Å². The first kappa shape index (κ1) is 37.5. The summed E-state index contributed by atoms with van der Waals surface area (Å²) in [5, 5.41) is 7.05. The minimum atomic E-state index is -1.99. The predicted octanol–water partition coefficient (Wildman–Crippen LogP) is 9.86. The summed E-state index contributed by atoms with van der Waals surface area (Å²) in [6, 6.07) is 22.4. The molecule has 0 amide bonds. The van der Waals surface area contributed by atoms with Crippen LogP contribution in [-0.4, -0.2) is 38.4 Å². The predicted molar refractivity (Wildman–Crippen MR) is 202 cm³/mol. The zero-order valence-corrected chi connectivity index (χ0v) is 31.5. The third-order valence-electron chi connectivity index (χ3n) is 9.82. The van der Waals surface area contributed by atoms with E-state index in [0.717, 1.165) is 61.1 Å². The van der Waals surface area contributed by atoms with E-state index >= 15 is 4.39 Å². The number of aromatic nitrogens is 2. The molecule has 0 radical (unpaired) electrons. The monoisotopic (exact) mass is 709 g/mol. The number of hydrogen-bond donors (Lipinski definition) is 1. The van der Waals surface area contributed by atoms with Gasteiger partial charge in [-0.05, 0) is 84.0 Å². The molecule has 2 heterocycles. The number of nitrogens with zero attached hydrogens (tertiary/aromatic N) is 5. The molecular weight excluding hydrogens is 660 g/mol. The van der Waals surface area contributed by atoms with Gasteiger partial charge in [0.15, 0.2) is 17.6 Å². The average Bonchev–Trinajstić information content (AvgIpc) is 3.41. The van der Waals surface area contributed by atoms with Crippen molar-refractivity contribution in [2.75, 3.05) is 18.5 Å². The topological polar surface area (TPSA) is 113 Å². The Bertz CT molecular complexity index is 1840. The van der Waals surface area contributed by atoms with Crippen molar-refractivity contribution in [2.45, 2.75) is 96.3 Å². The van der Waals surface area contributed by atoms with E-state index in [0.29, 0.717) is 43.1 Å². The molecule has 1 aliphatic rings. The molecule has 0 bridgehead atoms. The molecule has 3 aromatic carbocycles. The van der Waals surface area contributed by atoms with Crippen LogP contribution >= 0.6 is 0 Å². The largest absolute Gasteiger partial charge is 0.544 e. The minimum absolute atomic E-state index is 0.0826. The van der Waals surface area contributed by atoms with Crippen molar-refractivity contribution < 1.29 is 22.9 Å². The third-order valence-corrected chi connectivity index (χ3v) is 14.2. The first-order chi connectivity index (χ1) is 24.4. The van der Waals surface area contributed by atoms with E-state index < -0.39 is 20.2 Å². The number of fused-ring (bicyclic) bond motifs is 1. The molecule has 0 aliphatic carbocycles. The number of azide groups is 1. The van der Waals surface area contributed by atoms with Crippen molar-refractivity contribution in [3.8, 4) is 22.8 Å². The van der Waals surface area contributed by atoms with Crippen molar-refractivity contribution in [1.29, 1.82) is 0 Å². The lowest BCUT2D eigenvalue weighted by atomic mass is 10.1. The minimum Gasteiger partial charge on any atom is -0.544 e. The van der Waals surface area contributed by atoms with E-state index in [1.807, 2.05) is 48.5 Å². The number of anilines is 1. The number of benzene rings is 3. The highest BCUT2D eigenvalue weighted by atomic mass is 28.4. The maximum atomic E-state index is 15.1. The van der Waals surface area contributed by atoms with Crippen LogP contribution in [-0.2, 0) is 12.8 Å². The van der Waals surface area contributed by atoms with Crippen LogP contribution in [0.4, 0.5) is 10.2 Å². The number of halogens is 1. The number of ether oxygens (including phenoxy) is 1. The van der Waals surface area contributed by atoms with E-state index in [4.69, 9.17) is 19.7 Å². The highest BCUT2D eigenvalue weighted by Crippen LogP contribution is 2.38. The Morgan fingerprint density at radius 2 is 1.67 bits per heavy atom. The maximum absolute atomic E-state index is 15.1. The standard InChI is InChI=1S/C40H49FN6O3Si/c1-40(2,3)51(4,5)50-32-20-18-31(19-21-32)36-28-47-38(34(44-36)26-29-15-11-10-12-16-29)45-35(39(47)48)27-30-17-22-37(33(41)25-30)49-24-14-9-7-6-8-13-23-43-46-42/h10-12,15-22,25,28,35H,6-9,13-14,23-24,26-27H2,1-5H3/p+1. The fraction of sp³-hybridized carbons (Fsp3) is 0.425. The summed E-state index contributed by atoms with van der Waals surface area (Å²) in [6.45, 7) is 12.1. The van der Waals surface area contributed by atoms with Crippen LogP contribution in [0.2, 0.25) is 18.1 Å². The van der Waals surface area contributed by atoms with Crippen molar-refractivity contribution in [3.05, 3.63) is 112 Å². The van der Waals surface area contributed by atoms with E-state index in [2.05, 4.69) is 61.3 Å². The van der Waals surface area contributed by atoms with Crippen LogP contribution in [0.5, 0.6) is 11.5 Å². The number of hydrogen-bond acceptors (Lipinski definition) is 6. The van der Waals surface area contributed by atoms with Gasteiger partial charge in [0.25, 0.3) is 0 Å². The van der Waals surface area contributed by atoms with Crippen molar-refractivity contribution >= 4 is 20.0 Å². The van der Waals surface area contributed by atoms with Gasteiger partial charge in [-0.1, -0.05) is 88.0 Å². The van der Waals surface area contributed by atoms with Gasteiger partial charge in [-0.15, -0.1) is 0 Å². The number of rotatable bonds is 17. The van der Waals surface area contributed by atoms with Crippen LogP contribution in [0, 0.1) is 5.82 Å². The van der Waals surface area contributed by atoms with Gasteiger partial charge in [0.05, 0.1) is 6.61 Å². The Labute approximate surface area is 302 Å². The Kier molecular flexibility index (Phi) is 12.5. The van der Waals surface area contributed by atoms with Gasteiger partial charge in [0, 0.05) is 29.9 Å². The Hall–Kier alpha value is -4.73. The van der Waals surface area contributed by atoms with Crippen molar-refractivity contribution in [2.24, 2.45) is 5.11 Å². The Morgan fingerprint density at radius 1 is 0.961 bits per heavy atom. The molecule has 0 saturated heterocycles. The molecule has 9 nitrogen and oxygen atoms in total. The molecule has 1 N–H and O–H groups in total. The molecule has 268 valence electrons. The SMILES string of the molecule is CC(C)(C)[Si](C)(C)Oc1ccc(-c2c[n+]3c(c(Cc4ccccc4)n2)NC(Cc2ccc(OCCCCCCCCN=[N+]=[N-])c(F)c2)C3=O)cc1. The fourth-order valence-electron chi connectivity index (χ4n) is 5.85. The molecule has 11 heteroatoms. The van der Waals surface area contributed by atoms with E-state index in [1.54, 1.807) is 16.8 Å². The lowest BCUT2D eigenvalue weighted by Gasteiger charge is -2.36. The van der Waals surface area contributed by atoms with Gasteiger partial charge in [-0.3, -0.25) is 5.32 Å². The summed E-state index contributed by atoms with van der Waals surface area (Å²) in [4.78, 5) is 21.7. The quantitative estimate of drug-likeness (QED) is 0.0293. The van der Waals surface area contributed by atoms with Crippen molar-refractivity contribution in [3.63, 3.8) is 0 Å². The van der Waals surface area contributed by atoms with Crippen LogP contribution in [0.25, 0.3) is 21.7 Å². The van der Waals surface area contributed by atoms with Crippen LogP contribution < -0.4 is 19.0 Å². The lowest BCUT2D eigenvalue weighted by molar-refractivity contribution is -0.552. The van der Waals surface area contributed by atoms with Crippen LogP contribution in [0.1, 0.15) is 80.9 Å². The highest BCUT2D eigenvalue weighted by Gasteiger charge is 2.41. The van der Waals surface area contributed by atoms with Gasteiger partial charge in [0.1, 0.15) is 23.3 Å². The van der Waals surface area contributed by atoms with Crippen LogP contribution in [0.15, 0.2) is 84.1 Å². The Morgan fingerprint density at radius 3 is 2.35 bits per heavy atom. The zero-order chi connectivity index (χ0) is 36.4. The van der Waals surface area contributed by atoms with Gasteiger partial charge < -0.3 is 9.16 Å².